The molecule has 0 heterocycles. The second kappa shape index (κ2) is 5.68. The predicted octanol–water partition coefficient (Wildman–Crippen LogP) is 4.24. The first-order valence-corrected chi connectivity index (χ1v) is 6.29. The molecule has 100 valence electrons. The average Bonchev–Trinajstić information content (AvgIpc) is 2.34. The third-order valence-corrected chi connectivity index (χ3v) is 3.43. The van der Waals surface area contributed by atoms with E-state index in [9.17, 15) is 8.78 Å². The van der Waals surface area contributed by atoms with Crippen LogP contribution in [0, 0.1) is 18.6 Å². The summed E-state index contributed by atoms with van der Waals surface area (Å²) in [6, 6.07) is 8.67. The molecule has 1 nitrogen and oxygen atoms in total. The number of halogens is 3. The van der Waals surface area contributed by atoms with Crippen molar-refractivity contribution in [3.8, 4) is 0 Å². The van der Waals surface area contributed by atoms with Crippen LogP contribution in [0.25, 0.3) is 0 Å². The Labute approximate surface area is 116 Å². The van der Waals surface area contributed by atoms with Crippen molar-refractivity contribution in [1.29, 1.82) is 0 Å². The zero-order valence-corrected chi connectivity index (χ0v) is 11.4. The van der Waals surface area contributed by atoms with Crippen molar-refractivity contribution in [3.05, 3.63) is 69.7 Å². The number of rotatable bonds is 3. The van der Waals surface area contributed by atoms with E-state index in [4.69, 9.17) is 11.6 Å². The summed E-state index contributed by atoms with van der Waals surface area (Å²) >= 11 is 6.08. The minimum atomic E-state index is -0.376. The first-order chi connectivity index (χ1) is 9.02. The SMILES string of the molecule is CNC(c1ccc(F)cc1C)c1ccc(F)cc1Cl. The summed E-state index contributed by atoms with van der Waals surface area (Å²) in [5, 5.41) is 3.48. The Hall–Kier alpha value is -1.45. The molecule has 1 atom stereocenters. The molecular formula is C15H14ClF2N. The zero-order valence-electron chi connectivity index (χ0n) is 10.7. The predicted molar refractivity (Wildman–Crippen MR) is 73.4 cm³/mol. The maximum Gasteiger partial charge on any atom is 0.124 e. The highest BCUT2D eigenvalue weighted by molar-refractivity contribution is 6.31. The van der Waals surface area contributed by atoms with Crippen LogP contribution in [-0.4, -0.2) is 7.05 Å². The van der Waals surface area contributed by atoms with Gasteiger partial charge in [-0.05, 0) is 54.9 Å². The third-order valence-electron chi connectivity index (χ3n) is 3.11. The smallest absolute Gasteiger partial charge is 0.124 e. The van der Waals surface area contributed by atoms with E-state index in [-0.39, 0.29) is 17.7 Å². The van der Waals surface area contributed by atoms with E-state index in [1.807, 2.05) is 6.92 Å². The van der Waals surface area contributed by atoms with Crippen LogP contribution in [0.2, 0.25) is 5.02 Å². The lowest BCUT2D eigenvalue weighted by Gasteiger charge is -2.20. The van der Waals surface area contributed by atoms with Gasteiger partial charge in [-0.15, -0.1) is 0 Å². The molecule has 2 rings (SSSR count). The summed E-state index contributed by atoms with van der Waals surface area (Å²) in [5.74, 6) is -0.652. The second-order valence-corrected chi connectivity index (χ2v) is 4.80. The monoisotopic (exact) mass is 281 g/mol. The minimum Gasteiger partial charge on any atom is -0.309 e. The molecule has 4 heteroatoms. The van der Waals surface area contributed by atoms with Gasteiger partial charge in [0.2, 0.25) is 0 Å². The van der Waals surface area contributed by atoms with E-state index in [0.717, 1.165) is 16.7 Å². The number of nitrogens with one attached hydrogen (secondary N) is 1. The third kappa shape index (κ3) is 2.94. The van der Waals surface area contributed by atoms with E-state index >= 15 is 0 Å². The molecule has 0 fully saturated rings. The highest BCUT2D eigenvalue weighted by Crippen LogP contribution is 2.30. The zero-order chi connectivity index (χ0) is 14.0. The molecule has 0 spiro atoms. The van der Waals surface area contributed by atoms with Crippen LogP contribution in [0.5, 0.6) is 0 Å². The van der Waals surface area contributed by atoms with Gasteiger partial charge in [0, 0.05) is 5.02 Å². The standard InChI is InChI=1S/C15H14ClF2N/c1-9-7-10(17)3-5-12(9)15(19-2)13-6-4-11(18)8-14(13)16/h3-8,15,19H,1-2H3. The molecule has 0 amide bonds. The van der Waals surface area contributed by atoms with Crippen LogP contribution in [0.4, 0.5) is 8.78 Å². The van der Waals surface area contributed by atoms with Crippen molar-refractivity contribution >= 4 is 11.6 Å². The van der Waals surface area contributed by atoms with Gasteiger partial charge in [0.05, 0.1) is 6.04 Å². The molecule has 2 aromatic carbocycles. The van der Waals surface area contributed by atoms with Gasteiger partial charge in [0.25, 0.3) is 0 Å². The van der Waals surface area contributed by atoms with Gasteiger partial charge in [-0.25, -0.2) is 8.78 Å². The van der Waals surface area contributed by atoms with Crippen LogP contribution in [0.15, 0.2) is 36.4 Å². The van der Waals surface area contributed by atoms with Crippen LogP contribution >= 0.6 is 11.6 Å². The van der Waals surface area contributed by atoms with Gasteiger partial charge < -0.3 is 5.32 Å². The highest BCUT2D eigenvalue weighted by Gasteiger charge is 2.17. The molecule has 2 aromatic rings. The molecule has 1 N–H and O–H groups in total. The van der Waals surface area contributed by atoms with Crippen molar-refractivity contribution in [2.45, 2.75) is 13.0 Å². The van der Waals surface area contributed by atoms with Crippen LogP contribution in [0.3, 0.4) is 0 Å². The molecule has 0 aliphatic heterocycles. The lowest BCUT2D eigenvalue weighted by Crippen LogP contribution is -2.19. The lowest BCUT2D eigenvalue weighted by molar-refractivity contribution is 0.618. The van der Waals surface area contributed by atoms with Crippen molar-refractivity contribution in [1.82, 2.24) is 5.32 Å². The molecule has 0 aliphatic carbocycles. The molecule has 0 saturated carbocycles. The highest BCUT2D eigenvalue weighted by atomic mass is 35.5. The van der Waals surface area contributed by atoms with Crippen LogP contribution in [0.1, 0.15) is 22.7 Å². The Morgan fingerprint density at radius 2 is 1.58 bits per heavy atom. The summed E-state index contributed by atoms with van der Waals surface area (Å²) < 4.78 is 26.2. The fraction of sp³-hybridized carbons (Fsp3) is 0.200. The molecule has 0 aliphatic rings. The molecule has 0 bridgehead atoms. The minimum absolute atomic E-state index is 0.200. The summed E-state index contributed by atoms with van der Waals surface area (Å²) in [5.41, 5.74) is 2.50. The Morgan fingerprint density at radius 1 is 1.00 bits per heavy atom. The quantitative estimate of drug-likeness (QED) is 0.887. The molecular weight excluding hydrogens is 268 g/mol. The van der Waals surface area contributed by atoms with E-state index in [0.29, 0.717) is 5.02 Å². The summed E-state index contributed by atoms with van der Waals surface area (Å²) in [4.78, 5) is 0. The van der Waals surface area contributed by atoms with Gasteiger partial charge >= 0.3 is 0 Å². The fourth-order valence-corrected chi connectivity index (χ4v) is 2.45. The normalized spacial score (nSPS) is 12.5. The number of aryl methyl sites for hydroxylation is 1. The van der Waals surface area contributed by atoms with E-state index in [2.05, 4.69) is 5.32 Å². The van der Waals surface area contributed by atoms with Crippen LogP contribution < -0.4 is 5.32 Å². The van der Waals surface area contributed by atoms with Crippen LogP contribution in [-0.2, 0) is 0 Å². The molecule has 1 unspecified atom stereocenters. The van der Waals surface area contributed by atoms with Gasteiger partial charge in [-0.1, -0.05) is 23.7 Å². The van der Waals surface area contributed by atoms with Gasteiger partial charge in [-0.2, -0.15) is 0 Å². The summed E-state index contributed by atoms with van der Waals surface area (Å²) in [6.07, 6.45) is 0. The van der Waals surface area contributed by atoms with E-state index < -0.39 is 0 Å². The van der Waals surface area contributed by atoms with Gasteiger partial charge in [-0.3, -0.25) is 0 Å². The maximum atomic E-state index is 13.2. The van der Waals surface area contributed by atoms with Crippen molar-refractivity contribution < 1.29 is 8.78 Å². The average molecular weight is 282 g/mol. The summed E-state index contributed by atoms with van der Waals surface area (Å²) in [7, 11) is 1.78. The maximum absolute atomic E-state index is 13.2. The largest absolute Gasteiger partial charge is 0.309 e. The lowest BCUT2D eigenvalue weighted by atomic mass is 9.95. The Bertz CT molecular complexity index is 547. The molecule has 0 aromatic heterocycles. The van der Waals surface area contributed by atoms with Crippen molar-refractivity contribution in [3.63, 3.8) is 0 Å². The number of hydrogen-bond donors (Lipinski definition) is 1. The topological polar surface area (TPSA) is 12.0 Å². The van der Waals surface area contributed by atoms with E-state index in [1.165, 1.54) is 24.3 Å². The Kier molecular flexibility index (Phi) is 4.17. The summed E-state index contributed by atoms with van der Waals surface area (Å²) in [6.45, 7) is 1.83. The molecule has 19 heavy (non-hydrogen) atoms. The molecule has 0 saturated heterocycles. The van der Waals surface area contributed by atoms with Gasteiger partial charge in [0.1, 0.15) is 11.6 Å². The van der Waals surface area contributed by atoms with Gasteiger partial charge in [0.15, 0.2) is 0 Å². The fourth-order valence-electron chi connectivity index (χ4n) is 2.18. The first-order valence-electron chi connectivity index (χ1n) is 5.91. The first kappa shape index (κ1) is 14.0. The van der Waals surface area contributed by atoms with E-state index in [1.54, 1.807) is 19.2 Å². The number of hydrogen-bond acceptors (Lipinski definition) is 1. The second-order valence-electron chi connectivity index (χ2n) is 4.39. The Morgan fingerprint density at radius 3 is 2.11 bits per heavy atom. The number of benzene rings is 2. The molecule has 0 radical (unpaired) electrons. The Balaban J connectivity index is 2.50. The van der Waals surface area contributed by atoms with Crippen molar-refractivity contribution in [2.24, 2.45) is 0 Å². The van der Waals surface area contributed by atoms with Crippen molar-refractivity contribution in [2.75, 3.05) is 7.05 Å².